The molecule has 0 aliphatic rings. The molecule has 0 radical (unpaired) electrons. The Balaban J connectivity index is 2.09. The number of hydrogen-bond donors (Lipinski definition) is 1. The molecule has 0 heterocycles. The summed E-state index contributed by atoms with van der Waals surface area (Å²) in [6, 6.07) is 16.8. The number of nitrogens with one attached hydrogen (secondary N) is 1. The van der Waals surface area contributed by atoms with Crippen molar-refractivity contribution in [2.45, 2.75) is 6.61 Å². The summed E-state index contributed by atoms with van der Waals surface area (Å²) in [5.74, 6) is -0.721. The third kappa shape index (κ3) is 5.69. The molecule has 6 nitrogen and oxygen atoms in total. The maximum atomic E-state index is 11.8. The second-order valence-corrected chi connectivity index (χ2v) is 5.00. The highest BCUT2D eigenvalue weighted by molar-refractivity contribution is 5.98. The zero-order valence-electron chi connectivity index (χ0n) is 14.0. The molecule has 2 aromatic rings. The fraction of sp³-hybridized carbons (Fsp3) is 0.158. The van der Waals surface area contributed by atoms with Crippen molar-refractivity contribution in [3.05, 3.63) is 71.9 Å². The molecule has 25 heavy (non-hydrogen) atoms. The molecule has 0 saturated heterocycles. The van der Waals surface area contributed by atoms with Gasteiger partial charge in [0, 0.05) is 11.8 Å². The highest BCUT2D eigenvalue weighted by Gasteiger charge is 2.13. The van der Waals surface area contributed by atoms with E-state index in [0.717, 1.165) is 11.6 Å². The van der Waals surface area contributed by atoms with E-state index >= 15 is 0 Å². The number of esters is 2. The summed E-state index contributed by atoms with van der Waals surface area (Å²) in [5, 5.41) is 2.84. The van der Waals surface area contributed by atoms with E-state index in [0.29, 0.717) is 18.0 Å². The molecule has 0 aliphatic carbocycles. The predicted molar refractivity (Wildman–Crippen MR) is 93.0 cm³/mol. The molecular formula is C19H19NO5. The Hall–Kier alpha value is -3.28. The summed E-state index contributed by atoms with van der Waals surface area (Å²) < 4.78 is 14.9. The highest BCUT2D eigenvalue weighted by atomic mass is 16.5. The Kier molecular flexibility index (Phi) is 6.59. The number of rotatable bonds is 7. The van der Waals surface area contributed by atoms with Crippen molar-refractivity contribution < 1.29 is 23.8 Å². The lowest BCUT2D eigenvalue weighted by molar-refractivity contribution is -0.138. The minimum atomic E-state index is -0.680. The average molecular weight is 341 g/mol. The van der Waals surface area contributed by atoms with E-state index in [1.807, 2.05) is 30.3 Å². The maximum Gasteiger partial charge on any atom is 0.354 e. The van der Waals surface area contributed by atoms with Gasteiger partial charge in [0.15, 0.2) is 0 Å². The zero-order valence-corrected chi connectivity index (χ0v) is 14.0. The van der Waals surface area contributed by atoms with Crippen molar-refractivity contribution in [3.8, 4) is 5.75 Å². The van der Waals surface area contributed by atoms with Crippen LogP contribution in [0.2, 0.25) is 0 Å². The van der Waals surface area contributed by atoms with Crippen LogP contribution in [0.15, 0.2) is 66.4 Å². The van der Waals surface area contributed by atoms with Crippen LogP contribution in [0.1, 0.15) is 5.56 Å². The number of hydrogen-bond acceptors (Lipinski definition) is 6. The van der Waals surface area contributed by atoms with E-state index < -0.39 is 11.9 Å². The number of anilines is 1. The van der Waals surface area contributed by atoms with Gasteiger partial charge in [0.05, 0.1) is 20.3 Å². The molecule has 2 aromatic carbocycles. The zero-order chi connectivity index (χ0) is 18.1. The molecular weight excluding hydrogens is 322 g/mol. The Morgan fingerprint density at radius 3 is 2.44 bits per heavy atom. The first-order valence-corrected chi connectivity index (χ1v) is 7.54. The summed E-state index contributed by atoms with van der Waals surface area (Å²) in [6.07, 6.45) is 1.03. The van der Waals surface area contributed by atoms with Gasteiger partial charge in [-0.25, -0.2) is 9.59 Å². The lowest BCUT2D eigenvalue weighted by Gasteiger charge is -2.11. The third-order valence-corrected chi connectivity index (χ3v) is 3.23. The van der Waals surface area contributed by atoms with Crippen molar-refractivity contribution in [2.24, 2.45) is 0 Å². The van der Waals surface area contributed by atoms with Crippen LogP contribution in [0.5, 0.6) is 5.75 Å². The Bertz CT molecular complexity index is 755. The van der Waals surface area contributed by atoms with E-state index in [-0.39, 0.29) is 5.70 Å². The van der Waals surface area contributed by atoms with Crippen LogP contribution in [0, 0.1) is 0 Å². The summed E-state index contributed by atoms with van der Waals surface area (Å²) in [7, 11) is 2.46. The van der Waals surface area contributed by atoms with Crippen molar-refractivity contribution in [3.63, 3.8) is 0 Å². The molecule has 0 aliphatic heterocycles. The van der Waals surface area contributed by atoms with E-state index in [9.17, 15) is 9.59 Å². The van der Waals surface area contributed by atoms with Gasteiger partial charge in [-0.2, -0.15) is 0 Å². The molecule has 1 N–H and O–H groups in total. The van der Waals surface area contributed by atoms with Gasteiger partial charge < -0.3 is 19.5 Å². The van der Waals surface area contributed by atoms with Gasteiger partial charge in [-0.15, -0.1) is 0 Å². The van der Waals surface area contributed by atoms with Gasteiger partial charge in [-0.1, -0.05) is 36.4 Å². The summed E-state index contributed by atoms with van der Waals surface area (Å²) in [6.45, 7) is 0.423. The van der Waals surface area contributed by atoms with Gasteiger partial charge in [-0.05, 0) is 17.7 Å². The molecule has 0 spiro atoms. The van der Waals surface area contributed by atoms with Crippen LogP contribution < -0.4 is 10.1 Å². The molecule has 2 rings (SSSR count). The Morgan fingerprint density at radius 1 is 1.00 bits per heavy atom. The standard InChI is InChI=1S/C19H19NO5/c1-23-18(21)12-17(19(22)24-2)20-15-9-6-10-16(11-15)25-13-14-7-4-3-5-8-14/h3-12,20H,13H2,1-2H3/b17-12+. The number of methoxy groups -OCH3 is 2. The van der Waals surface area contributed by atoms with E-state index in [1.165, 1.54) is 14.2 Å². The normalized spacial score (nSPS) is 10.7. The van der Waals surface area contributed by atoms with Gasteiger partial charge >= 0.3 is 11.9 Å². The van der Waals surface area contributed by atoms with Gasteiger partial charge in [0.25, 0.3) is 0 Å². The summed E-state index contributed by atoms with van der Waals surface area (Å²) in [4.78, 5) is 23.2. The quantitative estimate of drug-likeness (QED) is 0.617. The number of ether oxygens (including phenoxy) is 3. The number of benzene rings is 2. The first-order valence-electron chi connectivity index (χ1n) is 7.54. The molecule has 0 atom stereocenters. The van der Waals surface area contributed by atoms with Crippen LogP contribution >= 0.6 is 0 Å². The molecule has 130 valence electrons. The molecule has 0 amide bonds. The van der Waals surface area contributed by atoms with Gasteiger partial charge in [-0.3, -0.25) is 0 Å². The smallest absolute Gasteiger partial charge is 0.354 e. The van der Waals surface area contributed by atoms with Crippen molar-refractivity contribution in [1.82, 2.24) is 0 Å². The van der Waals surface area contributed by atoms with Crippen LogP contribution in [0.3, 0.4) is 0 Å². The molecule has 0 fully saturated rings. The minimum Gasteiger partial charge on any atom is -0.489 e. The Morgan fingerprint density at radius 2 is 1.76 bits per heavy atom. The Labute approximate surface area is 146 Å². The fourth-order valence-corrected chi connectivity index (χ4v) is 1.99. The van der Waals surface area contributed by atoms with Crippen molar-refractivity contribution in [1.29, 1.82) is 0 Å². The first-order chi connectivity index (χ1) is 12.1. The van der Waals surface area contributed by atoms with E-state index in [4.69, 9.17) is 4.74 Å². The average Bonchev–Trinajstić information content (AvgIpc) is 2.66. The summed E-state index contributed by atoms with van der Waals surface area (Å²) >= 11 is 0. The number of carbonyl (C=O) groups excluding carboxylic acids is 2. The maximum absolute atomic E-state index is 11.8. The minimum absolute atomic E-state index is 0.0328. The largest absolute Gasteiger partial charge is 0.489 e. The molecule has 0 bridgehead atoms. The van der Waals surface area contributed by atoms with E-state index in [1.54, 1.807) is 24.3 Å². The lowest BCUT2D eigenvalue weighted by atomic mass is 10.2. The lowest BCUT2D eigenvalue weighted by Crippen LogP contribution is -2.15. The summed E-state index contributed by atoms with van der Waals surface area (Å²) in [5.41, 5.74) is 1.59. The number of carbonyl (C=O) groups is 2. The van der Waals surface area contributed by atoms with Gasteiger partial charge in [0.2, 0.25) is 0 Å². The molecule has 0 aromatic heterocycles. The molecule has 0 unspecified atom stereocenters. The van der Waals surface area contributed by atoms with Gasteiger partial charge in [0.1, 0.15) is 18.1 Å². The highest BCUT2D eigenvalue weighted by Crippen LogP contribution is 2.20. The molecule has 6 heteroatoms. The van der Waals surface area contributed by atoms with Crippen LogP contribution in [-0.2, 0) is 25.7 Å². The SMILES string of the molecule is COC(=O)/C=C(/Nc1cccc(OCc2ccccc2)c1)C(=O)OC. The van der Waals surface area contributed by atoms with E-state index in [2.05, 4.69) is 14.8 Å². The van der Waals surface area contributed by atoms with Crippen LogP contribution in [0.25, 0.3) is 0 Å². The van der Waals surface area contributed by atoms with Crippen molar-refractivity contribution in [2.75, 3.05) is 19.5 Å². The topological polar surface area (TPSA) is 73.9 Å². The molecule has 0 saturated carbocycles. The first kappa shape index (κ1) is 18.1. The van der Waals surface area contributed by atoms with Crippen molar-refractivity contribution >= 4 is 17.6 Å². The van der Waals surface area contributed by atoms with Crippen LogP contribution in [0.4, 0.5) is 5.69 Å². The predicted octanol–water partition coefficient (Wildman–Crippen LogP) is 2.91. The monoisotopic (exact) mass is 341 g/mol. The second-order valence-electron chi connectivity index (χ2n) is 5.00. The van der Waals surface area contributed by atoms with Crippen LogP contribution in [-0.4, -0.2) is 26.2 Å². The third-order valence-electron chi connectivity index (χ3n) is 3.23. The second kappa shape index (κ2) is 9.12. The fourth-order valence-electron chi connectivity index (χ4n) is 1.99.